The van der Waals surface area contributed by atoms with Crippen LogP contribution in [-0.4, -0.2) is 70.2 Å². The molecule has 2 saturated heterocycles. The SMILES string of the molecule is CC[C@]1(S[C@H]2O[C@H](C)[C@@H](N=[N+]=[N-])[C@H](OCc3ccccc3)[C@@H]2O)O[C@H](C)[C@@H](N=[N+]=[N-])[C@H](OCc2ccccc2)[C@@H]1OC(C)=O. The predicted molar refractivity (Wildman–Crippen MR) is 163 cm³/mol. The molecule has 2 aromatic carbocycles. The molecule has 2 aromatic rings. The van der Waals surface area contributed by atoms with E-state index in [0.29, 0.717) is 6.42 Å². The summed E-state index contributed by atoms with van der Waals surface area (Å²) in [4.78, 5) is 17.2. The number of nitrogens with zero attached hydrogens (tertiary/aromatic N) is 6. The molecule has 0 amide bonds. The molecule has 2 aliphatic rings. The van der Waals surface area contributed by atoms with Crippen molar-refractivity contribution in [1.29, 1.82) is 0 Å². The third-order valence-corrected chi connectivity index (χ3v) is 9.40. The maximum absolute atomic E-state index is 12.5. The Bertz CT molecular complexity index is 1330. The lowest BCUT2D eigenvalue weighted by atomic mass is 9.91. The fourth-order valence-electron chi connectivity index (χ4n) is 5.59. The molecule has 10 atom stereocenters. The number of benzene rings is 2. The van der Waals surface area contributed by atoms with E-state index in [1.54, 1.807) is 13.8 Å². The summed E-state index contributed by atoms with van der Waals surface area (Å²) in [6.07, 6.45) is -5.06. The van der Waals surface area contributed by atoms with Gasteiger partial charge in [0, 0.05) is 16.7 Å². The Morgan fingerprint density at radius 1 is 0.932 bits per heavy atom. The second kappa shape index (κ2) is 15.6. The van der Waals surface area contributed by atoms with Crippen molar-refractivity contribution in [1.82, 2.24) is 0 Å². The molecule has 0 spiro atoms. The van der Waals surface area contributed by atoms with Crippen LogP contribution in [0.1, 0.15) is 45.2 Å². The number of hydrogen-bond acceptors (Lipinski definition) is 10. The topological polar surface area (TPSA) is 181 Å². The Hall–Kier alpha value is -3.32. The lowest BCUT2D eigenvalue weighted by Gasteiger charge is -2.52. The van der Waals surface area contributed by atoms with Crippen molar-refractivity contribution >= 4 is 17.7 Å². The van der Waals surface area contributed by atoms with Crippen LogP contribution < -0.4 is 0 Å². The minimum absolute atomic E-state index is 0.167. The highest BCUT2D eigenvalue weighted by molar-refractivity contribution is 8.01. The summed E-state index contributed by atoms with van der Waals surface area (Å²) in [5, 5.41) is 19.5. The summed E-state index contributed by atoms with van der Waals surface area (Å²) >= 11 is 1.14. The van der Waals surface area contributed by atoms with Crippen LogP contribution in [0.15, 0.2) is 70.9 Å². The average Bonchev–Trinajstić information content (AvgIpc) is 3.02. The van der Waals surface area contributed by atoms with Crippen molar-refractivity contribution in [3.8, 4) is 0 Å². The Morgan fingerprint density at radius 3 is 1.95 bits per heavy atom. The summed E-state index contributed by atoms with van der Waals surface area (Å²) in [5.41, 5.74) is 19.5. The molecule has 0 aliphatic carbocycles. The number of carbonyl (C=O) groups is 1. The van der Waals surface area contributed by atoms with E-state index in [9.17, 15) is 21.0 Å². The van der Waals surface area contributed by atoms with Gasteiger partial charge in [0.25, 0.3) is 0 Å². The van der Waals surface area contributed by atoms with Gasteiger partial charge >= 0.3 is 5.97 Å². The second-order valence-electron chi connectivity index (χ2n) is 10.7. The molecule has 0 radical (unpaired) electrons. The first kappa shape index (κ1) is 33.6. The Morgan fingerprint density at radius 2 is 1.45 bits per heavy atom. The Balaban J connectivity index is 1.66. The number of esters is 1. The van der Waals surface area contributed by atoms with Gasteiger partial charge in [0.1, 0.15) is 17.6 Å². The molecular weight excluding hydrogens is 588 g/mol. The van der Waals surface area contributed by atoms with Crippen molar-refractivity contribution in [3.05, 3.63) is 92.7 Å². The van der Waals surface area contributed by atoms with Gasteiger partial charge in [0.2, 0.25) is 0 Å². The van der Waals surface area contributed by atoms with E-state index in [0.717, 1.165) is 22.9 Å². The van der Waals surface area contributed by atoms with E-state index in [2.05, 4.69) is 20.1 Å². The highest BCUT2D eigenvalue weighted by Crippen LogP contribution is 2.49. The molecule has 1 N–H and O–H groups in total. The second-order valence-corrected chi connectivity index (χ2v) is 12.1. The molecular formula is C30H38N6O7S. The molecule has 0 bridgehead atoms. The minimum atomic E-state index is -1.28. The highest BCUT2D eigenvalue weighted by Gasteiger charge is 2.58. The first-order chi connectivity index (χ1) is 21.2. The van der Waals surface area contributed by atoms with Gasteiger partial charge in [-0.15, -0.1) is 0 Å². The van der Waals surface area contributed by atoms with Crippen LogP contribution in [0.2, 0.25) is 0 Å². The zero-order chi connectivity index (χ0) is 31.7. The van der Waals surface area contributed by atoms with Crippen molar-refractivity contribution in [2.75, 3.05) is 0 Å². The Labute approximate surface area is 260 Å². The maximum Gasteiger partial charge on any atom is 0.303 e. The van der Waals surface area contributed by atoms with Gasteiger partial charge in [-0.3, -0.25) is 4.79 Å². The van der Waals surface area contributed by atoms with E-state index in [1.165, 1.54) is 6.92 Å². The van der Waals surface area contributed by atoms with Gasteiger partial charge in [-0.1, -0.05) is 89.6 Å². The zero-order valence-corrected chi connectivity index (χ0v) is 25.9. The van der Waals surface area contributed by atoms with Gasteiger partial charge in [-0.25, -0.2) is 0 Å². The normalized spacial score (nSPS) is 33.4. The zero-order valence-electron chi connectivity index (χ0n) is 25.1. The van der Waals surface area contributed by atoms with Crippen LogP contribution in [0.4, 0.5) is 0 Å². The number of ether oxygens (including phenoxy) is 5. The van der Waals surface area contributed by atoms with Crippen LogP contribution in [0.25, 0.3) is 20.9 Å². The predicted octanol–water partition coefficient (Wildman–Crippen LogP) is 5.81. The number of thioether (sulfide) groups is 1. The molecule has 14 heteroatoms. The minimum Gasteiger partial charge on any atom is -0.456 e. The maximum atomic E-state index is 12.5. The number of rotatable bonds is 12. The summed E-state index contributed by atoms with van der Waals surface area (Å²) in [6.45, 7) is 7.00. The van der Waals surface area contributed by atoms with Crippen molar-refractivity contribution < 1.29 is 33.6 Å². The summed E-state index contributed by atoms with van der Waals surface area (Å²) < 4.78 is 31.2. The van der Waals surface area contributed by atoms with Crippen molar-refractivity contribution in [3.63, 3.8) is 0 Å². The average molecular weight is 627 g/mol. The molecule has 4 rings (SSSR count). The molecule has 44 heavy (non-hydrogen) atoms. The molecule has 2 aliphatic heterocycles. The smallest absolute Gasteiger partial charge is 0.303 e. The largest absolute Gasteiger partial charge is 0.456 e. The number of azide groups is 2. The highest BCUT2D eigenvalue weighted by atomic mass is 32.2. The number of carbonyl (C=O) groups excluding carboxylic acids is 1. The van der Waals surface area contributed by atoms with Gasteiger partial charge in [-0.2, -0.15) is 0 Å². The lowest BCUT2D eigenvalue weighted by Crippen LogP contribution is -2.65. The number of aliphatic hydroxyl groups is 1. The third-order valence-electron chi connectivity index (χ3n) is 7.76. The van der Waals surface area contributed by atoms with Crippen LogP contribution in [-0.2, 0) is 41.7 Å². The number of hydrogen-bond donors (Lipinski definition) is 1. The summed E-state index contributed by atoms with van der Waals surface area (Å²) in [6, 6.07) is 17.3. The molecule has 236 valence electrons. The van der Waals surface area contributed by atoms with E-state index in [-0.39, 0.29) is 13.2 Å². The Kier molecular flexibility index (Phi) is 11.9. The molecule has 2 fully saturated rings. The monoisotopic (exact) mass is 626 g/mol. The third kappa shape index (κ3) is 7.84. The molecule has 0 aromatic heterocycles. The van der Waals surface area contributed by atoms with Gasteiger partial charge in [0.05, 0.1) is 43.6 Å². The fraction of sp³-hybridized carbons (Fsp3) is 0.567. The van der Waals surface area contributed by atoms with Crippen molar-refractivity contribution in [2.45, 2.75) is 106 Å². The van der Waals surface area contributed by atoms with Crippen molar-refractivity contribution in [2.24, 2.45) is 10.2 Å². The standard InChI is InChI=1S/C30H38N6O7S/c1-5-30(44-29-25(38)26(23(33-35-31)18(2)41-29)39-16-21-12-8-6-9-13-21)28(42-20(4)37)27(24(34-36-32)19(3)43-30)40-17-22-14-10-7-11-15-22/h6-15,18-19,23-29,38H,5,16-17H2,1-4H3/t18-,19-,23-,24-,25+,26+,27+,28+,29-,30-/m1/s1. The van der Waals surface area contributed by atoms with Gasteiger partial charge in [0.15, 0.2) is 11.0 Å². The first-order valence-corrected chi connectivity index (χ1v) is 15.4. The summed E-state index contributed by atoms with van der Waals surface area (Å²) in [7, 11) is 0. The van der Waals surface area contributed by atoms with E-state index in [4.69, 9.17) is 23.7 Å². The van der Waals surface area contributed by atoms with Gasteiger partial charge in [-0.05, 0) is 42.5 Å². The fourth-order valence-corrected chi connectivity index (χ4v) is 7.20. The molecule has 0 unspecified atom stereocenters. The summed E-state index contributed by atoms with van der Waals surface area (Å²) in [5.74, 6) is -0.578. The lowest BCUT2D eigenvalue weighted by molar-refractivity contribution is -0.224. The van der Waals surface area contributed by atoms with Crippen LogP contribution >= 0.6 is 11.8 Å². The van der Waals surface area contributed by atoms with E-state index < -0.39 is 65.0 Å². The van der Waals surface area contributed by atoms with E-state index >= 15 is 0 Å². The molecule has 2 heterocycles. The quantitative estimate of drug-likeness (QED) is 0.132. The van der Waals surface area contributed by atoms with Crippen LogP contribution in [0.3, 0.4) is 0 Å². The van der Waals surface area contributed by atoms with Crippen LogP contribution in [0, 0.1) is 0 Å². The van der Waals surface area contributed by atoms with Gasteiger partial charge < -0.3 is 28.8 Å². The number of aliphatic hydroxyl groups excluding tert-OH is 1. The molecule has 0 saturated carbocycles. The molecule has 13 nitrogen and oxygen atoms in total. The van der Waals surface area contributed by atoms with E-state index in [1.807, 2.05) is 67.6 Å². The van der Waals surface area contributed by atoms with Crippen LogP contribution in [0.5, 0.6) is 0 Å². The first-order valence-electron chi connectivity index (χ1n) is 14.5.